The topological polar surface area (TPSA) is 101 Å². The fraction of sp³-hybridized carbons (Fsp3) is 0.333. The maximum atomic E-state index is 12.1. The van der Waals surface area contributed by atoms with Gasteiger partial charge < -0.3 is 4.74 Å². The molecule has 0 saturated carbocycles. The van der Waals surface area contributed by atoms with Crippen molar-refractivity contribution in [2.24, 2.45) is 0 Å². The Morgan fingerprint density at radius 2 is 2.04 bits per heavy atom. The summed E-state index contributed by atoms with van der Waals surface area (Å²) in [4.78, 5) is 41.8. The lowest BCUT2D eigenvalue weighted by Gasteiger charge is -2.10. The van der Waals surface area contributed by atoms with Gasteiger partial charge in [-0.25, -0.2) is 4.98 Å². The highest BCUT2D eigenvalue weighted by atomic mass is 32.1. The molecule has 2 heterocycles. The number of hydrogen-bond donors (Lipinski definition) is 2. The monoisotopic (exact) mass is 388 g/mol. The van der Waals surface area contributed by atoms with Gasteiger partial charge in [0, 0.05) is 23.9 Å². The van der Waals surface area contributed by atoms with E-state index in [2.05, 4.69) is 15.8 Å². The largest absolute Gasteiger partial charge is 0.494 e. The van der Waals surface area contributed by atoms with Gasteiger partial charge in [-0.05, 0) is 37.6 Å². The van der Waals surface area contributed by atoms with Crippen molar-refractivity contribution in [3.05, 3.63) is 40.9 Å². The van der Waals surface area contributed by atoms with Crippen molar-refractivity contribution in [3.63, 3.8) is 0 Å². The van der Waals surface area contributed by atoms with Crippen molar-refractivity contribution in [1.29, 1.82) is 0 Å². The number of anilines is 1. The molecule has 27 heavy (non-hydrogen) atoms. The minimum Gasteiger partial charge on any atom is -0.494 e. The van der Waals surface area contributed by atoms with Crippen LogP contribution in [-0.4, -0.2) is 35.9 Å². The molecule has 0 radical (unpaired) electrons. The van der Waals surface area contributed by atoms with E-state index in [-0.39, 0.29) is 18.2 Å². The van der Waals surface area contributed by atoms with E-state index >= 15 is 0 Å². The number of amides is 3. The van der Waals surface area contributed by atoms with Crippen molar-refractivity contribution >= 4 is 34.2 Å². The first-order chi connectivity index (χ1) is 13.1. The molecule has 1 aromatic carbocycles. The van der Waals surface area contributed by atoms with E-state index in [4.69, 9.17) is 4.74 Å². The molecule has 1 aromatic heterocycles. The molecule has 0 unspecified atom stereocenters. The van der Waals surface area contributed by atoms with Crippen LogP contribution in [0, 0.1) is 0 Å². The second-order valence-electron chi connectivity index (χ2n) is 5.91. The molecule has 3 rings (SSSR count). The molecule has 142 valence electrons. The van der Waals surface area contributed by atoms with E-state index in [1.807, 2.05) is 6.92 Å². The number of thiazole rings is 1. The number of carbonyl (C=O) groups excluding carboxylic acids is 3. The lowest BCUT2D eigenvalue weighted by atomic mass is 10.2. The van der Waals surface area contributed by atoms with Crippen LogP contribution >= 0.6 is 11.3 Å². The van der Waals surface area contributed by atoms with Crippen molar-refractivity contribution in [1.82, 2.24) is 15.8 Å². The Labute approximate surface area is 160 Å². The van der Waals surface area contributed by atoms with Crippen LogP contribution in [0.1, 0.15) is 35.8 Å². The summed E-state index contributed by atoms with van der Waals surface area (Å²) in [7, 11) is 0. The first kappa shape index (κ1) is 18.8. The zero-order chi connectivity index (χ0) is 19.2. The minimum atomic E-state index is -0.423. The molecule has 2 aromatic rings. The zero-order valence-electron chi connectivity index (χ0n) is 14.9. The van der Waals surface area contributed by atoms with Gasteiger partial charge in [0.15, 0.2) is 5.13 Å². The van der Waals surface area contributed by atoms with Gasteiger partial charge in [-0.1, -0.05) is 0 Å². The lowest BCUT2D eigenvalue weighted by Crippen LogP contribution is -2.42. The molecule has 1 aliphatic heterocycles. The number of nitrogens with one attached hydrogen (secondary N) is 2. The average Bonchev–Trinajstić information content (AvgIpc) is 3.29. The smallest absolute Gasteiger partial charge is 0.269 e. The number of rotatable bonds is 6. The van der Waals surface area contributed by atoms with Gasteiger partial charge in [0.05, 0.1) is 18.7 Å². The third-order valence-corrected chi connectivity index (χ3v) is 4.84. The van der Waals surface area contributed by atoms with Gasteiger partial charge in [0.25, 0.3) is 5.91 Å². The number of ether oxygens (including phenoxy) is 1. The summed E-state index contributed by atoms with van der Waals surface area (Å²) in [6, 6.07) is 6.62. The second kappa shape index (κ2) is 8.63. The number of carbonyl (C=O) groups is 3. The van der Waals surface area contributed by atoms with Gasteiger partial charge in [0.2, 0.25) is 11.8 Å². The third kappa shape index (κ3) is 4.82. The molecule has 1 saturated heterocycles. The molecule has 8 nitrogen and oxygen atoms in total. The SMILES string of the molecule is CCOc1ccc(C(=O)NNC(=O)Cc2csc(N3CCCC3=O)n2)cc1. The highest BCUT2D eigenvalue weighted by molar-refractivity contribution is 7.14. The molecule has 2 N–H and O–H groups in total. The summed E-state index contributed by atoms with van der Waals surface area (Å²) in [5, 5.41) is 2.35. The van der Waals surface area contributed by atoms with Gasteiger partial charge in [0.1, 0.15) is 5.75 Å². The first-order valence-corrected chi connectivity index (χ1v) is 9.51. The number of nitrogens with zero attached hydrogens (tertiary/aromatic N) is 2. The van der Waals surface area contributed by atoms with Gasteiger partial charge in [-0.3, -0.25) is 30.1 Å². The van der Waals surface area contributed by atoms with Crippen LogP contribution in [0.2, 0.25) is 0 Å². The standard InChI is InChI=1S/C18H20N4O4S/c1-2-26-14-7-5-12(6-8-14)17(25)21-20-15(23)10-13-11-27-18(19-13)22-9-3-4-16(22)24/h5-8,11H,2-4,9-10H2,1H3,(H,20,23)(H,21,25). The summed E-state index contributed by atoms with van der Waals surface area (Å²) in [5.41, 5.74) is 5.71. The van der Waals surface area contributed by atoms with Crippen molar-refractivity contribution in [3.8, 4) is 5.75 Å². The highest BCUT2D eigenvalue weighted by Crippen LogP contribution is 2.25. The van der Waals surface area contributed by atoms with Gasteiger partial charge in [-0.15, -0.1) is 11.3 Å². The summed E-state index contributed by atoms with van der Waals surface area (Å²) in [5.74, 6) is -0.0798. The summed E-state index contributed by atoms with van der Waals surface area (Å²) >= 11 is 1.33. The zero-order valence-corrected chi connectivity index (χ0v) is 15.7. The Kier molecular flexibility index (Phi) is 6.02. The van der Waals surface area contributed by atoms with E-state index in [0.29, 0.717) is 41.7 Å². The fourth-order valence-electron chi connectivity index (χ4n) is 2.63. The number of hydrazine groups is 1. The molecule has 0 spiro atoms. The number of aromatic nitrogens is 1. The summed E-state index contributed by atoms with van der Waals surface area (Å²) in [6.07, 6.45) is 1.38. The molecule has 1 aliphatic rings. The Morgan fingerprint density at radius 3 is 2.70 bits per heavy atom. The quantitative estimate of drug-likeness (QED) is 0.733. The average molecular weight is 388 g/mol. The molecule has 0 aliphatic carbocycles. The Morgan fingerprint density at radius 1 is 1.26 bits per heavy atom. The van der Waals surface area contributed by atoms with Crippen molar-refractivity contribution in [2.45, 2.75) is 26.2 Å². The van der Waals surface area contributed by atoms with Crippen LogP contribution in [0.5, 0.6) is 5.75 Å². The lowest BCUT2D eigenvalue weighted by molar-refractivity contribution is -0.121. The predicted molar refractivity (Wildman–Crippen MR) is 101 cm³/mol. The Hall–Kier alpha value is -2.94. The third-order valence-electron chi connectivity index (χ3n) is 3.93. The Bertz CT molecular complexity index is 834. The molecule has 1 fully saturated rings. The molecule has 3 amide bonds. The number of benzene rings is 1. The van der Waals surface area contributed by atoms with Crippen LogP contribution in [-0.2, 0) is 16.0 Å². The van der Waals surface area contributed by atoms with E-state index in [9.17, 15) is 14.4 Å². The van der Waals surface area contributed by atoms with Gasteiger partial charge >= 0.3 is 0 Å². The Balaban J connectivity index is 1.48. The van der Waals surface area contributed by atoms with Crippen LogP contribution in [0.15, 0.2) is 29.6 Å². The van der Waals surface area contributed by atoms with E-state index in [1.165, 1.54) is 11.3 Å². The van der Waals surface area contributed by atoms with Crippen LogP contribution in [0.3, 0.4) is 0 Å². The van der Waals surface area contributed by atoms with E-state index < -0.39 is 5.91 Å². The van der Waals surface area contributed by atoms with Gasteiger partial charge in [-0.2, -0.15) is 0 Å². The molecule has 0 bridgehead atoms. The van der Waals surface area contributed by atoms with Crippen LogP contribution < -0.4 is 20.5 Å². The maximum absolute atomic E-state index is 12.1. The summed E-state index contributed by atoms with van der Waals surface area (Å²) in [6.45, 7) is 3.09. The van der Waals surface area contributed by atoms with Crippen molar-refractivity contribution in [2.75, 3.05) is 18.1 Å². The fourth-order valence-corrected chi connectivity index (χ4v) is 3.50. The maximum Gasteiger partial charge on any atom is 0.269 e. The minimum absolute atomic E-state index is 0.0160. The summed E-state index contributed by atoms with van der Waals surface area (Å²) < 4.78 is 5.32. The first-order valence-electron chi connectivity index (χ1n) is 8.63. The highest BCUT2D eigenvalue weighted by Gasteiger charge is 2.24. The van der Waals surface area contributed by atoms with Crippen LogP contribution in [0.4, 0.5) is 5.13 Å². The molecular weight excluding hydrogens is 368 g/mol. The second-order valence-corrected chi connectivity index (χ2v) is 6.74. The number of hydrogen-bond acceptors (Lipinski definition) is 6. The molecular formula is C18H20N4O4S. The van der Waals surface area contributed by atoms with E-state index in [0.717, 1.165) is 6.42 Å². The predicted octanol–water partition coefficient (Wildman–Crippen LogP) is 1.67. The molecule has 9 heteroatoms. The normalized spacial score (nSPS) is 13.5. The van der Waals surface area contributed by atoms with E-state index in [1.54, 1.807) is 34.5 Å². The van der Waals surface area contributed by atoms with Crippen LogP contribution in [0.25, 0.3) is 0 Å². The van der Waals surface area contributed by atoms with Crippen molar-refractivity contribution < 1.29 is 19.1 Å². The molecule has 0 atom stereocenters.